The van der Waals surface area contributed by atoms with Crippen LogP contribution in [-0.2, 0) is 14.3 Å². The Hall–Kier alpha value is -2.44. The SMILES string of the molecule is CCNC(=O)[C@@H](C)NC(=O)COC(=O)c1ccc(F)cc1. The Bertz CT molecular complexity index is 516. The van der Waals surface area contributed by atoms with Crippen molar-refractivity contribution in [3.05, 3.63) is 35.6 Å². The fourth-order valence-electron chi connectivity index (χ4n) is 1.48. The van der Waals surface area contributed by atoms with Gasteiger partial charge in [-0.1, -0.05) is 0 Å². The average Bonchev–Trinajstić information content (AvgIpc) is 2.45. The molecule has 1 atom stereocenters. The summed E-state index contributed by atoms with van der Waals surface area (Å²) in [4.78, 5) is 34.5. The number of esters is 1. The number of carbonyl (C=O) groups excluding carboxylic acids is 3. The van der Waals surface area contributed by atoms with Crippen LogP contribution in [0.4, 0.5) is 4.39 Å². The number of rotatable bonds is 6. The third kappa shape index (κ3) is 5.60. The molecule has 0 aliphatic rings. The number of halogens is 1. The highest BCUT2D eigenvalue weighted by Gasteiger charge is 2.16. The molecule has 1 aromatic carbocycles. The molecule has 1 aromatic rings. The fourth-order valence-corrected chi connectivity index (χ4v) is 1.48. The van der Waals surface area contributed by atoms with Crippen molar-refractivity contribution >= 4 is 17.8 Å². The topological polar surface area (TPSA) is 84.5 Å². The number of ether oxygens (including phenoxy) is 1. The van der Waals surface area contributed by atoms with Crippen LogP contribution in [0.25, 0.3) is 0 Å². The molecular weight excluding hydrogens is 279 g/mol. The first kappa shape index (κ1) is 16.6. The van der Waals surface area contributed by atoms with Gasteiger partial charge in [0.2, 0.25) is 5.91 Å². The van der Waals surface area contributed by atoms with Gasteiger partial charge in [0.05, 0.1) is 5.56 Å². The lowest BCUT2D eigenvalue weighted by Gasteiger charge is -2.13. The quantitative estimate of drug-likeness (QED) is 0.754. The van der Waals surface area contributed by atoms with Crippen LogP contribution in [0.5, 0.6) is 0 Å². The Labute approximate surface area is 121 Å². The molecule has 6 nitrogen and oxygen atoms in total. The summed E-state index contributed by atoms with van der Waals surface area (Å²) in [5, 5.41) is 4.94. The molecule has 0 bridgehead atoms. The average molecular weight is 296 g/mol. The normalized spacial score (nSPS) is 11.4. The van der Waals surface area contributed by atoms with Gasteiger partial charge in [-0.2, -0.15) is 0 Å². The summed E-state index contributed by atoms with van der Waals surface area (Å²) >= 11 is 0. The number of carbonyl (C=O) groups is 3. The van der Waals surface area contributed by atoms with Gasteiger partial charge < -0.3 is 15.4 Å². The van der Waals surface area contributed by atoms with Crippen molar-refractivity contribution in [2.24, 2.45) is 0 Å². The van der Waals surface area contributed by atoms with Gasteiger partial charge in [-0.15, -0.1) is 0 Å². The van der Waals surface area contributed by atoms with Gasteiger partial charge in [-0.3, -0.25) is 9.59 Å². The van der Waals surface area contributed by atoms with Gasteiger partial charge in [-0.25, -0.2) is 9.18 Å². The second-order valence-corrected chi connectivity index (χ2v) is 4.27. The lowest BCUT2D eigenvalue weighted by Crippen LogP contribution is -2.46. The lowest BCUT2D eigenvalue weighted by molar-refractivity contribution is -0.130. The minimum absolute atomic E-state index is 0.140. The van der Waals surface area contributed by atoms with Crippen molar-refractivity contribution in [1.82, 2.24) is 10.6 Å². The zero-order chi connectivity index (χ0) is 15.8. The Morgan fingerprint density at radius 2 is 1.86 bits per heavy atom. The molecule has 0 aliphatic heterocycles. The largest absolute Gasteiger partial charge is 0.452 e. The maximum atomic E-state index is 12.7. The highest BCUT2D eigenvalue weighted by atomic mass is 19.1. The van der Waals surface area contributed by atoms with Crippen molar-refractivity contribution in [3.63, 3.8) is 0 Å². The molecule has 0 fully saturated rings. The molecule has 0 unspecified atom stereocenters. The second kappa shape index (κ2) is 7.98. The first-order valence-corrected chi connectivity index (χ1v) is 6.43. The zero-order valence-electron chi connectivity index (χ0n) is 11.8. The van der Waals surface area contributed by atoms with E-state index >= 15 is 0 Å². The van der Waals surface area contributed by atoms with Crippen LogP contribution in [-0.4, -0.2) is 37.0 Å². The number of nitrogens with one attached hydrogen (secondary N) is 2. The van der Waals surface area contributed by atoms with E-state index in [-0.39, 0.29) is 11.5 Å². The molecule has 1 rings (SSSR count). The lowest BCUT2D eigenvalue weighted by atomic mass is 10.2. The molecule has 7 heteroatoms. The van der Waals surface area contributed by atoms with E-state index in [0.29, 0.717) is 6.54 Å². The van der Waals surface area contributed by atoms with E-state index in [1.165, 1.54) is 19.1 Å². The summed E-state index contributed by atoms with van der Waals surface area (Å²) in [5.74, 6) is -2.13. The van der Waals surface area contributed by atoms with E-state index in [4.69, 9.17) is 4.74 Å². The molecule has 0 saturated heterocycles. The van der Waals surface area contributed by atoms with E-state index < -0.39 is 30.3 Å². The molecular formula is C14H17FN2O4. The molecule has 0 radical (unpaired) electrons. The van der Waals surface area contributed by atoms with Crippen LogP contribution in [0.2, 0.25) is 0 Å². The summed E-state index contributed by atoms with van der Waals surface area (Å²) in [7, 11) is 0. The van der Waals surface area contributed by atoms with E-state index in [0.717, 1.165) is 12.1 Å². The van der Waals surface area contributed by atoms with Crippen LogP contribution >= 0.6 is 0 Å². The first-order chi connectivity index (χ1) is 9.93. The minimum Gasteiger partial charge on any atom is -0.452 e. The summed E-state index contributed by atoms with van der Waals surface area (Å²) in [6, 6.07) is 4.03. The molecule has 0 saturated carbocycles. The highest BCUT2D eigenvalue weighted by molar-refractivity contribution is 5.92. The third-order valence-corrected chi connectivity index (χ3v) is 2.54. The van der Waals surface area contributed by atoms with Crippen LogP contribution in [0.3, 0.4) is 0 Å². The molecule has 2 amide bonds. The Morgan fingerprint density at radius 1 is 1.24 bits per heavy atom. The predicted octanol–water partition coefficient (Wildman–Crippen LogP) is 0.623. The van der Waals surface area contributed by atoms with Crippen molar-refractivity contribution in [1.29, 1.82) is 0 Å². The Kier molecular flexibility index (Phi) is 6.32. The van der Waals surface area contributed by atoms with Gasteiger partial charge in [0.1, 0.15) is 11.9 Å². The van der Waals surface area contributed by atoms with Gasteiger partial charge in [0, 0.05) is 6.54 Å². The fraction of sp³-hybridized carbons (Fsp3) is 0.357. The van der Waals surface area contributed by atoms with Gasteiger partial charge in [-0.05, 0) is 38.1 Å². The number of amides is 2. The smallest absolute Gasteiger partial charge is 0.338 e. The number of likely N-dealkylation sites (N-methyl/N-ethyl adjacent to an activating group) is 1. The van der Waals surface area contributed by atoms with Crippen LogP contribution in [0.15, 0.2) is 24.3 Å². The zero-order valence-corrected chi connectivity index (χ0v) is 11.8. The summed E-state index contributed by atoms with van der Waals surface area (Å²) in [6.45, 7) is 3.22. The van der Waals surface area contributed by atoms with Crippen LogP contribution < -0.4 is 10.6 Å². The van der Waals surface area contributed by atoms with E-state index in [1.807, 2.05) is 0 Å². The van der Waals surface area contributed by atoms with Gasteiger partial charge in [0.15, 0.2) is 6.61 Å². The highest BCUT2D eigenvalue weighted by Crippen LogP contribution is 2.04. The predicted molar refractivity (Wildman–Crippen MR) is 73.0 cm³/mol. The van der Waals surface area contributed by atoms with E-state index in [2.05, 4.69) is 10.6 Å². The van der Waals surface area contributed by atoms with Crippen molar-refractivity contribution in [3.8, 4) is 0 Å². The standard InChI is InChI=1S/C14H17FN2O4/c1-3-16-13(19)9(2)17-12(18)8-21-14(20)10-4-6-11(15)7-5-10/h4-7,9H,3,8H2,1-2H3,(H,16,19)(H,17,18)/t9-/m1/s1. The van der Waals surface area contributed by atoms with E-state index in [1.54, 1.807) is 6.92 Å². The van der Waals surface area contributed by atoms with Crippen LogP contribution in [0.1, 0.15) is 24.2 Å². The second-order valence-electron chi connectivity index (χ2n) is 4.27. The summed E-state index contributed by atoms with van der Waals surface area (Å²) in [5.41, 5.74) is 0.140. The maximum absolute atomic E-state index is 12.7. The molecule has 114 valence electrons. The summed E-state index contributed by atoms with van der Waals surface area (Å²) in [6.07, 6.45) is 0. The van der Waals surface area contributed by atoms with Gasteiger partial charge >= 0.3 is 5.97 Å². The summed E-state index contributed by atoms with van der Waals surface area (Å²) < 4.78 is 17.5. The minimum atomic E-state index is -0.740. The molecule has 21 heavy (non-hydrogen) atoms. The molecule has 0 spiro atoms. The monoisotopic (exact) mass is 296 g/mol. The van der Waals surface area contributed by atoms with E-state index in [9.17, 15) is 18.8 Å². The molecule has 0 heterocycles. The first-order valence-electron chi connectivity index (χ1n) is 6.43. The third-order valence-electron chi connectivity index (χ3n) is 2.54. The molecule has 2 N–H and O–H groups in total. The maximum Gasteiger partial charge on any atom is 0.338 e. The number of benzene rings is 1. The number of hydrogen-bond donors (Lipinski definition) is 2. The van der Waals surface area contributed by atoms with Crippen molar-refractivity contribution in [2.75, 3.05) is 13.2 Å². The molecule has 0 aliphatic carbocycles. The van der Waals surface area contributed by atoms with Crippen molar-refractivity contribution < 1.29 is 23.5 Å². The number of hydrogen-bond acceptors (Lipinski definition) is 4. The Balaban J connectivity index is 2.40. The Morgan fingerprint density at radius 3 is 2.43 bits per heavy atom. The van der Waals surface area contributed by atoms with Gasteiger partial charge in [0.25, 0.3) is 5.91 Å². The molecule has 0 aromatic heterocycles. The van der Waals surface area contributed by atoms with Crippen LogP contribution in [0, 0.1) is 5.82 Å². The van der Waals surface area contributed by atoms with Crippen molar-refractivity contribution in [2.45, 2.75) is 19.9 Å².